The number of nitrogens with zero attached hydrogens (tertiary/aromatic N) is 5. The molecule has 188 valence electrons. The molecule has 4 aromatic rings. The minimum Gasteiger partial charge on any atom is -0.372 e. The van der Waals surface area contributed by atoms with Crippen molar-refractivity contribution in [1.82, 2.24) is 29.8 Å². The molecule has 0 aliphatic carbocycles. The minimum absolute atomic E-state index is 0.0585. The number of pyridine rings is 1. The van der Waals surface area contributed by atoms with E-state index in [2.05, 4.69) is 30.9 Å². The van der Waals surface area contributed by atoms with Crippen molar-refractivity contribution in [3.63, 3.8) is 0 Å². The van der Waals surface area contributed by atoms with Crippen LogP contribution >= 0.6 is 0 Å². The topological polar surface area (TPSA) is 126 Å². The first-order valence-corrected chi connectivity index (χ1v) is 11.8. The molecule has 2 amide bonds. The Balaban J connectivity index is 0.000000556. The van der Waals surface area contributed by atoms with E-state index < -0.39 is 0 Å². The van der Waals surface area contributed by atoms with E-state index in [0.29, 0.717) is 13.0 Å². The highest BCUT2D eigenvalue weighted by Crippen LogP contribution is 2.20. The van der Waals surface area contributed by atoms with Gasteiger partial charge in [0.05, 0.1) is 11.7 Å². The highest BCUT2D eigenvalue weighted by Gasteiger charge is 2.26. The van der Waals surface area contributed by atoms with Gasteiger partial charge in [-0.1, -0.05) is 18.2 Å². The van der Waals surface area contributed by atoms with Gasteiger partial charge in [-0.3, -0.25) is 14.4 Å². The molecule has 0 unspecified atom stereocenters. The third kappa shape index (κ3) is 5.14. The average molecular weight is 491 g/mol. The maximum absolute atomic E-state index is 12.9. The van der Waals surface area contributed by atoms with Gasteiger partial charge in [0, 0.05) is 39.8 Å². The third-order valence-electron chi connectivity index (χ3n) is 6.07. The van der Waals surface area contributed by atoms with Gasteiger partial charge >= 0.3 is 0 Å². The summed E-state index contributed by atoms with van der Waals surface area (Å²) in [6.45, 7) is 4.00. The Morgan fingerprint density at radius 1 is 1.22 bits per heavy atom. The van der Waals surface area contributed by atoms with E-state index in [9.17, 15) is 14.4 Å². The zero-order valence-corrected chi connectivity index (χ0v) is 20.6. The van der Waals surface area contributed by atoms with Gasteiger partial charge in [-0.05, 0) is 43.0 Å². The number of carbonyl (C=O) groups excluding carboxylic acids is 2. The second kappa shape index (κ2) is 10.9. The molecule has 4 heterocycles. The van der Waals surface area contributed by atoms with E-state index >= 15 is 0 Å². The fourth-order valence-corrected chi connectivity index (χ4v) is 4.18. The molecule has 1 saturated heterocycles. The van der Waals surface area contributed by atoms with Crippen molar-refractivity contribution in [3.05, 3.63) is 64.6 Å². The van der Waals surface area contributed by atoms with Gasteiger partial charge in [0.2, 0.25) is 6.41 Å². The molecule has 5 rings (SSSR count). The van der Waals surface area contributed by atoms with Crippen molar-refractivity contribution in [2.75, 3.05) is 36.9 Å². The lowest BCUT2D eigenvalue weighted by atomic mass is 10.1. The van der Waals surface area contributed by atoms with Crippen molar-refractivity contribution in [1.29, 1.82) is 0 Å². The van der Waals surface area contributed by atoms with Crippen molar-refractivity contribution < 1.29 is 9.59 Å². The lowest BCUT2D eigenvalue weighted by Gasteiger charge is -2.18. The highest BCUT2D eigenvalue weighted by molar-refractivity contribution is 5.97. The number of imidazole rings is 1. The monoisotopic (exact) mass is 490 g/mol. The zero-order chi connectivity index (χ0) is 25.7. The fraction of sp³-hybridized carbons (Fsp3) is 0.320. The third-order valence-corrected chi connectivity index (χ3v) is 6.07. The molecule has 11 nitrogen and oxygen atoms in total. The Bertz CT molecular complexity index is 1440. The highest BCUT2D eigenvalue weighted by atomic mass is 16.2. The summed E-state index contributed by atoms with van der Waals surface area (Å²) in [7, 11) is 3.51. The number of para-hydroxylation sites is 1. The number of rotatable bonds is 6. The summed E-state index contributed by atoms with van der Waals surface area (Å²) in [6, 6.07) is 13.0. The van der Waals surface area contributed by atoms with Crippen LogP contribution in [0.4, 0.5) is 11.6 Å². The number of amides is 2. The summed E-state index contributed by atoms with van der Waals surface area (Å²) in [5, 5.41) is 14.0. The number of benzene rings is 1. The first-order chi connectivity index (χ1) is 17.4. The van der Waals surface area contributed by atoms with Crippen LogP contribution in [0.15, 0.2) is 53.5 Å². The lowest BCUT2D eigenvalue weighted by Crippen LogP contribution is -2.40. The second-order valence-corrected chi connectivity index (χ2v) is 8.43. The molecule has 0 radical (unpaired) electrons. The van der Waals surface area contributed by atoms with Crippen molar-refractivity contribution >= 4 is 40.5 Å². The van der Waals surface area contributed by atoms with Crippen molar-refractivity contribution in [2.24, 2.45) is 7.05 Å². The molecule has 3 aromatic heterocycles. The molecule has 1 aliphatic heterocycles. The minimum atomic E-state index is -0.338. The number of carbonyl (C=O) groups is 2. The van der Waals surface area contributed by atoms with Crippen LogP contribution in [0, 0.1) is 0 Å². The van der Waals surface area contributed by atoms with Crippen LogP contribution in [0.25, 0.3) is 16.6 Å². The molecule has 0 spiro atoms. The molecule has 0 bridgehead atoms. The van der Waals surface area contributed by atoms with Gasteiger partial charge < -0.3 is 25.4 Å². The number of aryl methyl sites for hydroxylation is 1. The summed E-state index contributed by atoms with van der Waals surface area (Å²) >= 11 is 0. The van der Waals surface area contributed by atoms with Crippen molar-refractivity contribution in [2.45, 2.75) is 19.4 Å². The molecule has 3 N–H and O–H groups in total. The number of nitrogens with one attached hydrogen (secondary N) is 3. The number of hydrogen-bond donors (Lipinski definition) is 3. The molecular weight excluding hydrogens is 460 g/mol. The Hall–Kier alpha value is -4.41. The van der Waals surface area contributed by atoms with Crippen LogP contribution < -0.4 is 26.4 Å². The van der Waals surface area contributed by atoms with Crippen molar-refractivity contribution in [3.8, 4) is 0 Å². The predicted molar refractivity (Wildman–Crippen MR) is 140 cm³/mol. The summed E-state index contributed by atoms with van der Waals surface area (Å²) in [5.41, 5.74) is 1.44. The van der Waals surface area contributed by atoms with Gasteiger partial charge in [0.1, 0.15) is 17.2 Å². The van der Waals surface area contributed by atoms with Gasteiger partial charge in [-0.2, -0.15) is 0 Å². The number of aromatic nitrogens is 4. The second-order valence-electron chi connectivity index (χ2n) is 8.43. The molecule has 36 heavy (non-hydrogen) atoms. The molecule has 11 heteroatoms. The number of hydrogen-bond acceptors (Lipinski definition) is 7. The lowest BCUT2D eigenvalue weighted by molar-refractivity contribution is -0.109. The first kappa shape index (κ1) is 24.7. The van der Waals surface area contributed by atoms with E-state index in [1.807, 2.05) is 56.6 Å². The Kier molecular flexibility index (Phi) is 7.47. The van der Waals surface area contributed by atoms with Crippen LogP contribution in [0.2, 0.25) is 0 Å². The van der Waals surface area contributed by atoms with Gasteiger partial charge in [-0.25, -0.2) is 9.50 Å². The van der Waals surface area contributed by atoms with E-state index in [4.69, 9.17) is 0 Å². The quantitative estimate of drug-likeness (QED) is 0.349. The van der Waals surface area contributed by atoms with E-state index in [-0.39, 0.29) is 23.1 Å². The summed E-state index contributed by atoms with van der Waals surface area (Å²) < 4.78 is 3.26. The van der Waals surface area contributed by atoms with Gasteiger partial charge in [0.15, 0.2) is 5.65 Å². The Labute approximate surface area is 208 Å². The molecule has 1 fully saturated rings. The van der Waals surface area contributed by atoms with Crippen LogP contribution in [-0.4, -0.2) is 64.2 Å². The van der Waals surface area contributed by atoms with Crippen LogP contribution in [0.5, 0.6) is 0 Å². The molecule has 0 saturated carbocycles. The van der Waals surface area contributed by atoms with Crippen LogP contribution in [-0.2, 0) is 11.8 Å². The molecule has 1 atom stereocenters. The van der Waals surface area contributed by atoms with Crippen LogP contribution in [0.1, 0.15) is 23.7 Å². The fourth-order valence-electron chi connectivity index (χ4n) is 4.18. The standard InChI is InChI=1S/C22H23N7O2.C3H7NO/c1-23-18-13-29-19(25-18)7-8-20(26-29)28-10-9-15(12-28)24-21(30)16-11-14-5-3-4-6-17(14)27(2)22(16)31;1-2-4-3-5/h3-8,11,13,15,23H,9-10,12H2,1-2H3,(H,24,30);3H,2H2,1H3,(H,4,5)/t15-;/m0./s1. The van der Waals surface area contributed by atoms with E-state index in [1.165, 1.54) is 4.57 Å². The molecule has 1 aliphatic rings. The summed E-state index contributed by atoms with van der Waals surface area (Å²) in [6.07, 6.45) is 3.30. The maximum Gasteiger partial charge on any atom is 0.263 e. The molecular formula is C25H30N8O3. The first-order valence-electron chi connectivity index (χ1n) is 11.8. The largest absolute Gasteiger partial charge is 0.372 e. The Morgan fingerprint density at radius 2 is 2.03 bits per heavy atom. The zero-order valence-electron chi connectivity index (χ0n) is 20.6. The maximum atomic E-state index is 12.9. The SMILES string of the molecule is CCNC=O.CNc1cn2nc(N3CC[C@H](NC(=O)c4cc5ccccc5n(C)c4=O)C3)ccc2n1. The normalized spacial score (nSPS) is 14.9. The summed E-state index contributed by atoms with van der Waals surface area (Å²) in [4.78, 5) is 41.4. The number of fused-ring (bicyclic) bond motifs is 2. The van der Waals surface area contributed by atoms with Gasteiger partial charge in [0.25, 0.3) is 11.5 Å². The van der Waals surface area contributed by atoms with E-state index in [1.54, 1.807) is 17.6 Å². The predicted octanol–water partition coefficient (Wildman–Crippen LogP) is 1.38. The van der Waals surface area contributed by atoms with E-state index in [0.717, 1.165) is 47.7 Å². The van der Waals surface area contributed by atoms with Crippen LogP contribution in [0.3, 0.4) is 0 Å². The Morgan fingerprint density at radius 3 is 2.75 bits per heavy atom. The number of anilines is 2. The smallest absolute Gasteiger partial charge is 0.263 e. The average Bonchev–Trinajstić information content (AvgIpc) is 3.53. The summed E-state index contributed by atoms with van der Waals surface area (Å²) in [5.74, 6) is 1.24. The van der Waals surface area contributed by atoms with Gasteiger partial charge in [-0.15, -0.1) is 5.10 Å². The molecule has 1 aromatic carbocycles.